The van der Waals surface area contributed by atoms with Crippen LogP contribution < -0.4 is 5.32 Å². The molecule has 19 heavy (non-hydrogen) atoms. The first-order valence-corrected chi connectivity index (χ1v) is 7.68. The lowest BCUT2D eigenvalue weighted by Gasteiger charge is -2.35. The zero-order chi connectivity index (χ0) is 15.1. The summed E-state index contributed by atoms with van der Waals surface area (Å²) in [6.45, 7) is 19.4. The SMILES string of the molecule is CCCN(CCN(C)C)CC(C)(C)CNC(C)(C)C. The number of likely N-dealkylation sites (N-methyl/N-ethyl adjacent to an activating group) is 1. The van der Waals surface area contributed by atoms with E-state index in [2.05, 4.69) is 70.8 Å². The minimum atomic E-state index is 0.205. The molecule has 0 amide bonds. The maximum absolute atomic E-state index is 3.64. The van der Waals surface area contributed by atoms with E-state index in [4.69, 9.17) is 0 Å². The smallest absolute Gasteiger partial charge is 0.0109 e. The van der Waals surface area contributed by atoms with E-state index in [0.717, 1.165) is 19.6 Å². The largest absolute Gasteiger partial charge is 0.311 e. The zero-order valence-corrected chi connectivity index (χ0v) is 14.6. The van der Waals surface area contributed by atoms with Crippen molar-refractivity contribution in [2.75, 3.05) is 46.8 Å². The fraction of sp³-hybridized carbons (Fsp3) is 1.00. The molecule has 0 aliphatic rings. The lowest BCUT2D eigenvalue weighted by Crippen LogP contribution is -2.47. The van der Waals surface area contributed by atoms with Gasteiger partial charge in [-0.15, -0.1) is 0 Å². The summed E-state index contributed by atoms with van der Waals surface area (Å²) < 4.78 is 0. The Hall–Kier alpha value is -0.120. The van der Waals surface area contributed by atoms with E-state index in [1.165, 1.54) is 19.5 Å². The van der Waals surface area contributed by atoms with Crippen LogP contribution in [0.5, 0.6) is 0 Å². The summed E-state index contributed by atoms with van der Waals surface area (Å²) in [5, 5.41) is 3.64. The van der Waals surface area contributed by atoms with Crippen molar-refractivity contribution >= 4 is 0 Å². The van der Waals surface area contributed by atoms with Gasteiger partial charge in [0.05, 0.1) is 0 Å². The summed E-state index contributed by atoms with van der Waals surface area (Å²) in [6.07, 6.45) is 1.23. The maximum atomic E-state index is 3.64. The van der Waals surface area contributed by atoms with Gasteiger partial charge in [-0.05, 0) is 53.2 Å². The first-order valence-electron chi connectivity index (χ1n) is 7.68. The molecule has 0 aliphatic carbocycles. The van der Waals surface area contributed by atoms with Crippen molar-refractivity contribution in [1.82, 2.24) is 15.1 Å². The minimum Gasteiger partial charge on any atom is -0.311 e. The fourth-order valence-corrected chi connectivity index (χ4v) is 2.09. The van der Waals surface area contributed by atoms with E-state index in [0.29, 0.717) is 5.41 Å². The number of hydrogen-bond acceptors (Lipinski definition) is 3. The molecule has 0 bridgehead atoms. The molecular weight excluding hydrogens is 234 g/mol. The highest BCUT2D eigenvalue weighted by atomic mass is 15.2. The van der Waals surface area contributed by atoms with Crippen LogP contribution in [-0.4, -0.2) is 62.2 Å². The monoisotopic (exact) mass is 271 g/mol. The predicted octanol–water partition coefficient (Wildman–Crippen LogP) is 2.67. The zero-order valence-electron chi connectivity index (χ0n) is 14.6. The molecular formula is C16H37N3. The lowest BCUT2D eigenvalue weighted by molar-refractivity contribution is 0.155. The van der Waals surface area contributed by atoms with Gasteiger partial charge >= 0.3 is 0 Å². The van der Waals surface area contributed by atoms with E-state index in [1.54, 1.807) is 0 Å². The maximum Gasteiger partial charge on any atom is 0.0109 e. The van der Waals surface area contributed by atoms with Crippen LogP contribution in [0, 0.1) is 5.41 Å². The molecule has 0 unspecified atom stereocenters. The minimum absolute atomic E-state index is 0.205. The van der Waals surface area contributed by atoms with Crippen molar-refractivity contribution in [2.45, 2.75) is 53.5 Å². The fourth-order valence-electron chi connectivity index (χ4n) is 2.09. The van der Waals surface area contributed by atoms with Gasteiger partial charge in [-0.3, -0.25) is 0 Å². The molecule has 0 radical (unpaired) electrons. The standard InChI is InChI=1S/C16H37N3/c1-9-10-19(12-11-18(7)8)14-16(5,6)13-17-15(2,3)4/h17H,9-14H2,1-8H3. The Bertz CT molecular complexity index is 229. The Morgan fingerprint density at radius 1 is 0.895 bits per heavy atom. The summed E-state index contributed by atoms with van der Waals surface area (Å²) in [6, 6.07) is 0. The van der Waals surface area contributed by atoms with Crippen LogP contribution in [0.4, 0.5) is 0 Å². The highest BCUT2D eigenvalue weighted by Gasteiger charge is 2.23. The normalized spacial score (nSPS) is 13.6. The third-order valence-electron chi connectivity index (χ3n) is 3.15. The van der Waals surface area contributed by atoms with Gasteiger partial charge in [0.25, 0.3) is 0 Å². The Morgan fingerprint density at radius 2 is 1.47 bits per heavy atom. The molecule has 0 rings (SSSR count). The average molecular weight is 271 g/mol. The summed E-state index contributed by atoms with van der Waals surface area (Å²) >= 11 is 0. The summed E-state index contributed by atoms with van der Waals surface area (Å²) in [4.78, 5) is 4.87. The van der Waals surface area contributed by atoms with E-state index in [-0.39, 0.29) is 5.54 Å². The van der Waals surface area contributed by atoms with Gasteiger partial charge in [0.15, 0.2) is 0 Å². The first kappa shape index (κ1) is 18.9. The Balaban J connectivity index is 4.29. The second-order valence-corrected chi connectivity index (χ2v) is 7.85. The van der Waals surface area contributed by atoms with Crippen LogP contribution in [0.3, 0.4) is 0 Å². The lowest BCUT2D eigenvalue weighted by atomic mass is 9.91. The number of hydrogen-bond donors (Lipinski definition) is 1. The molecule has 0 aromatic heterocycles. The number of nitrogens with one attached hydrogen (secondary N) is 1. The van der Waals surface area contributed by atoms with Gasteiger partial charge < -0.3 is 15.1 Å². The van der Waals surface area contributed by atoms with Crippen molar-refractivity contribution in [3.63, 3.8) is 0 Å². The molecule has 0 heterocycles. The van der Waals surface area contributed by atoms with Crippen molar-refractivity contribution in [3.8, 4) is 0 Å². The second kappa shape index (κ2) is 8.23. The van der Waals surface area contributed by atoms with Gasteiger partial charge in [0.1, 0.15) is 0 Å². The van der Waals surface area contributed by atoms with Crippen LogP contribution >= 0.6 is 0 Å². The summed E-state index contributed by atoms with van der Waals surface area (Å²) in [5.74, 6) is 0. The topological polar surface area (TPSA) is 18.5 Å². The predicted molar refractivity (Wildman–Crippen MR) is 86.8 cm³/mol. The molecule has 0 aromatic carbocycles. The molecule has 0 atom stereocenters. The molecule has 0 fully saturated rings. The highest BCUT2D eigenvalue weighted by Crippen LogP contribution is 2.17. The Morgan fingerprint density at radius 3 is 1.89 bits per heavy atom. The third kappa shape index (κ3) is 11.4. The third-order valence-corrected chi connectivity index (χ3v) is 3.15. The van der Waals surface area contributed by atoms with Crippen LogP contribution in [0.25, 0.3) is 0 Å². The van der Waals surface area contributed by atoms with Crippen molar-refractivity contribution in [1.29, 1.82) is 0 Å². The van der Waals surface area contributed by atoms with Gasteiger partial charge in [-0.1, -0.05) is 20.8 Å². The van der Waals surface area contributed by atoms with E-state index < -0.39 is 0 Å². The number of rotatable bonds is 9. The quantitative estimate of drug-likeness (QED) is 0.695. The summed E-state index contributed by atoms with van der Waals surface area (Å²) in [5.41, 5.74) is 0.519. The van der Waals surface area contributed by atoms with Gasteiger partial charge in [0, 0.05) is 31.7 Å². The van der Waals surface area contributed by atoms with E-state index in [1.807, 2.05) is 0 Å². The van der Waals surface area contributed by atoms with E-state index in [9.17, 15) is 0 Å². The molecule has 1 N–H and O–H groups in total. The molecule has 0 saturated carbocycles. The van der Waals surface area contributed by atoms with Crippen LogP contribution in [-0.2, 0) is 0 Å². The molecule has 116 valence electrons. The molecule has 3 heteroatoms. The number of nitrogens with zero attached hydrogens (tertiary/aromatic N) is 2. The molecule has 0 saturated heterocycles. The van der Waals surface area contributed by atoms with Crippen molar-refractivity contribution in [3.05, 3.63) is 0 Å². The van der Waals surface area contributed by atoms with Crippen molar-refractivity contribution in [2.24, 2.45) is 5.41 Å². The van der Waals surface area contributed by atoms with Crippen molar-refractivity contribution < 1.29 is 0 Å². The van der Waals surface area contributed by atoms with Gasteiger partial charge in [0.2, 0.25) is 0 Å². The highest BCUT2D eigenvalue weighted by molar-refractivity contribution is 4.81. The summed E-state index contributed by atoms with van der Waals surface area (Å²) in [7, 11) is 4.30. The van der Waals surface area contributed by atoms with Crippen LogP contribution in [0.1, 0.15) is 48.0 Å². The average Bonchev–Trinajstić information content (AvgIpc) is 2.22. The molecule has 0 spiro atoms. The molecule has 3 nitrogen and oxygen atoms in total. The molecule has 0 aliphatic heterocycles. The Kier molecular flexibility index (Phi) is 8.18. The van der Waals surface area contributed by atoms with Crippen LogP contribution in [0.15, 0.2) is 0 Å². The van der Waals surface area contributed by atoms with Gasteiger partial charge in [-0.25, -0.2) is 0 Å². The Labute approximate surface area is 121 Å². The van der Waals surface area contributed by atoms with Gasteiger partial charge in [-0.2, -0.15) is 0 Å². The first-order chi connectivity index (χ1) is 8.56. The second-order valence-electron chi connectivity index (χ2n) is 7.85. The van der Waals surface area contributed by atoms with E-state index >= 15 is 0 Å². The van der Waals surface area contributed by atoms with Crippen LogP contribution in [0.2, 0.25) is 0 Å². The molecule has 0 aromatic rings.